The van der Waals surface area contributed by atoms with E-state index in [0.29, 0.717) is 6.54 Å². The minimum absolute atomic E-state index is 0.00779. The van der Waals surface area contributed by atoms with Gasteiger partial charge in [0.2, 0.25) is 0 Å². The van der Waals surface area contributed by atoms with Crippen LogP contribution in [0.2, 0.25) is 0 Å². The number of thiophene rings is 2. The molecule has 1 amide bonds. The topological polar surface area (TPSA) is 41.5 Å². The van der Waals surface area contributed by atoms with E-state index in [9.17, 15) is 4.79 Å². The first kappa shape index (κ1) is 17.2. The number of aryl methyl sites for hydroxylation is 1. The molecule has 132 valence electrons. The Bertz CT molecular complexity index is 911. The van der Waals surface area contributed by atoms with Crippen LogP contribution in [0.25, 0.3) is 0 Å². The van der Waals surface area contributed by atoms with E-state index < -0.39 is 0 Å². The third kappa shape index (κ3) is 3.79. The molecule has 0 saturated heterocycles. The molecule has 1 aromatic carbocycles. The van der Waals surface area contributed by atoms with Crippen LogP contribution in [0.1, 0.15) is 44.1 Å². The van der Waals surface area contributed by atoms with Crippen molar-refractivity contribution < 1.29 is 4.79 Å². The maximum absolute atomic E-state index is 13.0. The van der Waals surface area contributed by atoms with Gasteiger partial charge >= 0.3 is 0 Å². The Hall–Kier alpha value is -2.24. The van der Waals surface area contributed by atoms with Gasteiger partial charge in [0, 0.05) is 22.5 Å². The molecule has 0 unspecified atom stereocenters. The highest BCUT2D eigenvalue weighted by Crippen LogP contribution is 2.39. The van der Waals surface area contributed by atoms with Crippen LogP contribution >= 0.6 is 22.7 Å². The maximum atomic E-state index is 13.0. The van der Waals surface area contributed by atoms with Crippen molar-refractivity contribution in [3.63, 3.8) is 0 Å². The molecule has 1 N–H and O–H groups in total. The van der Waals surface area contributed by atoms with Crippen LogP contribution in [-0.4, -0.2) is 12.1 Å². The molecule has 0 fully saturated rings. The number of benzene rings is 1. The lowest BCUT2D eigenvalue weighted by Gasteiger charge is -2.12. The third-order valence-corrected chi connectivity index (χ3v) is 6.53. The summed E-state index contributed by atoms with van der Waals surface area (Å²) in [7, 11) is 0. The fraction of sp³-hybridized carbons (Fsp3) is 0.238. The van der Waals surface area contributed by atoms with Crippen LogP contribution in [0.5, 0.6) is 0 Å². The van der Waals surface area contributed by atoms with Crippen molar-refractivity contribution in [2.45, 2.75) is 32.2 Å². The van der Waals surface area contributed by atoms with E-state index in [2.05, 4.69) is 10.3 Å². The van der Waals surface area contributed by atoms with Gasteiger partial charge in [-0.3, -0.25) is 4.79 Å². The molecule has 0 spiro atoms. The molecule has 5 heteroatoms. The Morgan fingerprint density at radius 3 is 2.77 bits per heavy atom. The van der Waals surface area contributed by atoms with Gasteiger partial charge in [0.05, 0.1) is 5.56 Å². The van der Waals surface area contributed by atoms with E-state index in [1.54, 1.807) is 22.7 Å². The standard InChI is InChI=1S/C21H20N2OS2/c24-20(22-13-15-7-2-1-3-8-15)19-17-10-4-5-11-18(17)26-21(19)23-14-16-9-6-12-25-16/h1-3,6-9,12,14H,4-5,10-11,13H2,(H,22,24)/b23-14+. The van der Waals surface area contributed by atoms with E-state index in [4.69, 9.17) is 0 Å². The lowest BCUT2D eigenvalue weighted by atomic mass is 9.95. The Kier molecular flexibility index (Phi) is 5.27. The minimum Gasteiger partial charge on any atom is -0.348 e. The number of fused-ring (bicyclic) bond motifs is 1. The first-order valence-electron chi connectivity index (χ1n) is 8.85. The van der Waals surface area contributed by atoms with Gasteiger partial charge < -0.3 is 5.32 Å². The van der Waals surface area contributed by atoms with E-state index >= 15 is 0 Å². The first-order chi connectivity index (χ1) is 12.8. The molecule has 26 heavy (non-hydrogen) atoms. The van der Waals surface area contributed by atoms with Gasteiger partial charge in [-0.2, -0.15) is 0 Å². The van der Waals surface area contributed by atoms with E-state index in [0.717, 1.165) is 40.3 Å². The number of carbonyl (C=O) groups is 1. The average molecular weight is 381 g/mol. The molecule has 1 aliphatic carbocycles. The van der Waals surface area contributed by atoms with Crippen LogP contribution in [0.4, 0.5) is 5.00 Å². The summed E-state index contributed by atoms with van der Waals surface area (Å²) in [6.07, 6.45) is 6.27. The van der Waals surface area contributed by atoms with Crippen molar-refractivity contribution in [1.82, 2.24) is 5.32 Å². The first-order valence-corrected chi connectivity index (χ1v) is 10.5. The van der Waals surface area contributed by atoms with Gasteiger partial charge in [-0.05, 0) is 48.3 Å². The second kappa shape index (κ2) is 7.98. The lowest BCUT2D eigenvalue weighted by molar-refractivity contribution is 0.0951. The molecule has 0 bridgehead atoms. The molecule has 2 aromatic heterocycles. The quantitative estimate of drug-likeness (QED) is 0.594. The van der Waals surface area contributed by atoms with Crippen LogP contribution in [-0.2, 0) is 19.4 Å². The lowest BCUT2D eigenvalue weighted by Crippen LogP contribution is -2.24. The molecule has 3 aromatic rings. The minimum atomic E-state index is -0.00779. The molecule has 3 nitrogen and oxygen atoms in total. The zero-order chi connectivity index (χ0) is 17.8. The van der Waals surface area contributed by atoms with Crippen molar-refractivity contribution >= 4 is 39.8 Å². The molecule has 0 radical (unpaired) electrons. The molecule has 0 atom stereocenters. The fourth-order valence-electron chi connectivity index (χ4n) is 3.23. The highest BCUT2D eigenvalue weighted by molar-refractivity contribution is 7.16. The number of nitrogens with one attached hydrogen (secondary N) is 1. The monoisotopic (exact) mass is 380 g/mol. The van der Waals surface area contributed by atoms with Crippen molar-refractivity contribution in [3.05, 3.63) is 74.3 Å². The summed E-state index contributed by atoms with van der Waals surface area (Å²) in [5.41, 5.74) is 3.10. The normalized spacial score (nSPS) is 13.7. The number of nitrogens with zero attached hydrogens (tertiary/aromatic N) is 1. The molecular formula is C21H20N2OS2. The predicted octanol–water partition coefficient (Wildman–Crippen LogP) is 5.37. The van der Waals surface area contributed by atoms with Gasteiger partial charge in [-0.15, -0.1) is 22.7 Å². The Morgan fingerprint density at radius 2 is 1.96 bits per heavy atom. The summed E-state index contributed by atoms with van der Waals surface area (Å²) in [5.74, 6) is -0.00779. The van der Waals surface area contributed by atoms with Crippen molar-refractivity contribution in [1.29, 1.82) is 0 Å². The van der Waals surface area contributed by atoms with Crippen molar-refractivity contribution in [3.8, 4) is 0 Å². The highest BCUT2D eigenvalue weighted by Gasteiger charge is 2.25. The predicted molar refractivity (Wildman–Crippen MR) is 110 cm³/mol. The number of amides is 1. The largest absolute Gasteiger partial charge is 0.348 e. The number of rotatable bonds is 5. The van der Waals surface area contributed by atoms with Gasteiger partial charge in [-0.25, -0.2) is 4.99 Å². The van der Waals surface area contributed by atoms with Crippen molar-refractivity contribution in [2.24, 2.45) is 4.99 Å². The average Bonchev–Trinajstić information content (AvgIpc) is 3.32. The number of carbonyl (C=O) groups excluding carboxylic acids is 1. The third-order valence-electron chi connectivity index (χ3n) is 4.53. The molecular weight excluding hydrogens is 360 g/mol. The smallest absolute Gasteiger partial charge is 0.254 e. The van der Waals surface area contributed by atoms with E-state index in [-0.39, 0.29) is 5.91 Å². The van der Waals surface area contributed by atoms with Gasteiger partial charge in [0.25, 0.3) is 5.91 Å². The Morgan fingerprint density at radius 1 is 1.12 bits per heavy atom. The SMILES string of the molecule is O=C(NCc1ccccc1)c1c(/N=C/c2cccs2)sc2c1CCCC2. The zero-order valence-corrected chi connectivity index (χ0v) is 16.0. The van der Waals surface area contributed by atoms with E-state index in [1.165, 1.54) is 16.9 Å². The number of hydrogen-bond acceptors (Lipinski definition) is 4. The number of aliphatic imine (C=N–C) groups is 1. The highest BCUT2D eigenvalue weighted by atomic mass is 32.1. The summed E-state index contributed by atoms with van der Waals surface area (Å²) < 4.78 is 0. The summed E-state index contributed by atoms with van der Waals surface area (Å²) in [6, 6.07) is 14.1. The maximum Gasteiger partial charge on any atom is 0.254 e. The molecule has 0 saturated carbocycles. The van der Waals surface area contributed by atoms with Crippen LogP contribution < -0.4 is 5.32 Å². The summed E-state index contributed by atoms with van der Waals surface area (Å²) in [5, 5.41) is 5.96. The summed E-state index contributed by atoms with van der Waals surface area (Å²) >= 11 is 3.33. The van der Waals surface area contributed by atoms with Gasteiger partial charge in [-0.1, -0.05) is 36.4 Å². The second-order valence-electron chi connectivity index (χ2n) is 6.33. The number of hydrogen-bond donors (Lipinski definition) is 1. The van der Waals surface area contributed by atoms with Gasteiger partial charge in [0.1, 0.15) is 5.00 Å². The fourth-order valence-corrected chi connectivity index (χ4v) is 5.05. The van der Waals surface area contributed by atoms with Crippen LogP contribution in [0, 0.1) is 0 Å². The van der Waals surface area contributed by atoms with Crippen LogP contribution in [0.15, 0.2) is 52.8 Å². The van der Waals surface area contributed by atoms with E-state index in [1.807, 2.05) is 54.1 Å². The van der Waals surface area contributed by atoms with Gasteiger partial charge in [0.15, 0.2) is 0 Å². The second-order valence-corrected chi connectivity index (χ2v) is 8.40. The summed E-state index contributed by atoms with van der Waals surface area (Å²) in [4.78, 5) is 20.1. The molecule has 1 aliphatic rings. The molecule has 2 heterocycles. The summed E-state index contributed by atoms with van der Waals surface area (Å²) in [6.45, 7) is 0.540. The molecule has 4 rings (SSSR count). The Balaban J connectivity index is 1.60. The van der Waals surface area contributed by atoms with Crippen LogP contribution in [0.3, 0.4) is 0 Å². The Labute approximate surface area is 161 Å². The van der Waals surface area contributed by atoms with Crippen molar-refractivity contribution in [2.75, 3.05) is 0 Å². The molecule has 0 aliphatic heterocycles. The zero-order valence-electron chi connectivity index (χ0n) is 14.4.